The summed E-state index contributed by atoms with van der Waals surface area (Å²) in [4.78, 5) is 14.6. The van der Waals surface area contributed by atoms with Crippen LogP contribution < -0.4 is 5.32 Å². The third kappa shape index (κ3) is 3.06. The van der Waals surface area contributed by atoms with Crippen LogP contribution in [0.1, 0.15) is 16.2 Å². The Labute approximate surface area is 103 Å². The van der Waals surface area contributed by atoms with E-state index in [1.165, 1.54) is 12.1 Å². The lowest BCUT2D eigenvalue weighted by atomic mass is 10.2. The van der Waals surface area contributed by atoms with Crippen LogP contribution in [0, 0.1) is 5.82 Å². The van der Waals surface area contributed by atoms with E-state index in [0.717, 1.165) is 12.1 Å². The monoisotopic (exact) mass is 274 g/mol. The van der Waals surface area contributed by atoms with E-state index in [0.29, 0.717) is 0 Å². The first-order chi connectivity index (χ1) is 8.86. The predicted octanol–water partition coefficient (Wildman–Crippen LogP) is 2.21. The molecule has 2 aromatic rings. The van der Waals surface area contributed by atoms with Gasteiger partial charge in [0.1, 0.15) is 5.82 Å². The standard InChI is InChI=1S/C10H6F4N4O/c11-6-3-1-2-5(4-6)7(19)15-9-16-8(17-18-9)10(12,13)14/h1-4H,(H2,15,16,17,18,19). The zero-order chi connectivity index (χ0) is 14.0. The molecule has 0 aliphatic heterocycles. The second-order valence-electron chi connectivity index (χ2n) is 3.47. The number of aromatic amines is 1. The molecule has 100 valence electrons. The Morgan fingerprint density at radius 3 is 2.63 bits per heavy atom. The third-order valence-electron chi connectivity index (χ3n) is 2.07. The summed E-state index contributed by atoms with van der Waals surface area (Å²) < 4.78 is 49.5. The Bertz CT molecular complexity index is 608. The molecule has 9 heteroatoms. The molecule has 1 heterocycles. The minimum absolute atomic E-state index is 0.0571. The number of H-pyrrole nitrogens is 1. The van der Waals surface area contributed by atoms with Crippen molar-refractivity contribution in [3.63, 3.8) is 0 Å². The minimum atomic E-state index is -4.69. The van der Waals surface area contributed by atoms with Crippen LogP contribution in [-0.2, 0) is 6.18 Å². The van der Waals surface area contributed by atoms with E-state index in [1.54, 1.807) is 5.10 Å². The molecule has 1 aromatic carbocycles. The molecule has 0 spiro atoms. The number of benzene rings is 1. The normalized spacial score (nSPS) is 11.4. The zero-order valence-corrected chi connectivity index (χ0v) is 9.12. The van der Waals surface area contributed by atoms with Gasteiger partial charge in [0.15, 0.2) is 0 Å². The molecule has 2 rings (SSSR count). The van der Waals surface area contributed by atoms with Gasteiger partial charge in [-0.2, -0.15) is 18.2 Å². The van der Waals surface area contributed by atoms with Crippen molar-refractivity contribution in [1.82, 2.24) is 15.2 Å². The Hall–Kier alpha value is -2.45. The van der Waals surface area contributed by atoms with Gasteiger partial charge in [-0.1, -0.05) is 6.07 Å². The number of carbonyl (C=O) groups excluding carboxylic acids is 1. The number of anilines is 1. The summed E-state index contributed by atoms with van der Waals surface area (Å²) in [5, 5.41) is 6.85. The number of hydrogen-bond acceptors (Lipinski definition) is 3. The highest BCUT2D eigenvalue weighted by Gasteiger charge is 2.35. The van der Waals surface area contributed by atoms with Crippen LogP contribution in [0.4, 0.5) is 23.5 Å². The first-order valence-electron chi connectivity index (χ1n) is 4.93. The van der Waals surface area contributed by atoms with E-state index in [9.17, 15) is 22.4 Å². The predicted molar refractivity (Wildman–Crippen MR) is 55.7 cm³/mol. The minimum Gasteiger partial charge on any atom is -0.289 e. The fourth-order valence-electron chi connectivity index (χ4n) is 1.25. The number of alkyl halides is 3. The SMILES string of the molecule is O=C(Nc1n[nH]c(C(F)(F)F)n1)c1cccc(F)c1. The second-order valence-corrected chi connectivity index (χ2v) is 3.47. The lowest BCUT2D eigenvalue weighted by Gasteiger charge is -2.01. The molecule has 0 fully saturated rings. The number of aromatic nitrogens is 3. The van der Waals surface area contributed by atoms with Gasteiger partial charge in [0.2, 0.25) is 11.8 Å². The van der Waals surface area contributed by atoms with Gasteiger partial charge in [-0.3, -0.25) is 15.2 Å². The smallest absolute Gasteiger partial charge is 0.289 e. The largest absolute Gasteiger partial charge is 0.451 e. The Morgan fingerprint density at radius 2 is 2.05 bits per heavy atom. The maximum absolute atomic E-state index is 12.9. The van der Waals surface area contributed by atoms with Gasteiger partial charge in [-0.05, 0) is 18.2 Å². The molecule has 0 bridgehead atoms. The molecule has 0 saturated carbocycles. The first-order valence-corrected chi connectivity index (χ1v) is 4.93. The van der Waals surface area contributed by atoms with E-state index in [4.69, 9.17) is 0 Å². The molecule has 1 amide bonds. The number of hydrogen-bond donors (Lipinski definition) is 2. The van der Waals surface area contributed by atoms with Gasteiger partial charge in [-0.25, -0.2) is 4.39 Å². The van der Waals surface area contributed by atoms with Gasteiger partial charge >= 0.3 is 6.18 Å². The van der Waals surface area contributed by atoms with Crippen LogP contribution in [0.25, 0.3) is 0 Å². The number of rotatable bonds is 2. The summed E-state index contributed by atoms with van der Waals surface area (Å²) in [5.74, 6) is -3.32. The summed E-state index contributed by atoms with van der Waals surface area (Å²) in [6, 6.07) is 4.66. The Morgan fingerprint density at radius 1 is 1.32 bits per heavy atom. The van der Waals surface area contributed by atoms with E-state index in [-0.39, 0.29) is 5.56 Å². The number of carbonyl (C=O) groups is 1. The summed E-state index contributed by atoms with van der Waals surface area (Å²) >= 11 is 0. The van der Waals surface area contributed by atoms with Gasteiger partial charge in [0, 0.05) is 5.56 Å². The lowest BCUT2D eigenvalue weighted by Crippen LogP contribution is -2.13. The quantitative estimate of drug-likeness (QED) is 0.825. The highest BCUT2D eigenvalue weighted by Crippen LogP contribution is 2.26. The molecule has 19 heavy (non-hydrogen) atoms. The van der Waals surface area contributed by atoms with Crippen molar-refractivity contribution >= 4 is 11.9 Å². The molecule has 0 aliphatic rings. The third-order valence-corrected chi connectivity index (χ3v) is 2.07. The zero-order valence-electron chi connectivity index (χ0n) is 9.12. The molecule has 5 nitrogen and oxygen atoms in total. The Balaban J connectivity index is 2.13. The number of amides is 1. The molecule has 1 aromatic heterocycles. The summed E-state index contributed by atoms with van der Waals surface area (Å²) in [6.45, 7) is 0. The van der Waals surface area contributed by atoms with Gasteiger partial charge in [0.05, 0.1) is 0 Å². The van der Waals surface area contributed by atoms with Crippen molar-refractivity contribution in [2.45, 2.75) is 6.18 Å². The lowest BCUT2D eigenvalue weighted by molar-refractivity contribution is -0.144. The second kappa shape index (κ2) is 4.67. The fourth-order valence-corrected chi connectivity index (χ4v) is 1.25. The van der Waals surface area contributed by atoms with Crippen molar-refractivity contribution < 1.29 is 22.4 Å². The molecule has 0 unspecified atom stereocenters. The fraction of sp³-hybridized carbons (Fsp3) is 0.100. The molecule has 0 aliphatic carbocycles. The van der Waals surface area contributed by atoms with Crippen molar-refractivity contribution in [1.29, 1.82) is 0 Å². The maximum Gasteiger partial charge on any atom is 0.451 e. The van der Waals surface area contributed by atoms with Gasteiger partial charge in [0.25, 0.3) is 5.91 Å². The number of nitrogens with one attached hydrogen (secondary N) is 2. The highest BCUT2D eigenvalue weighted by molar-refractivity contribution is 6.03. The summed E-state index contributed by atoms with van der Waals surface area (Å²) in [6.07, 6.45) is -4.69. The number of nitrogens with zero attached hydrogens (tertiary/aromatic N) is 2. The average molecular weight is 274 g/mol. The molecule has 0 radical (unpaired) electrons. The van der Waals surface area contributed by atoms with Crippen LogP contribution in [0.15, 0.2) is 24.3 Å². The molecular weight excluding hydrogens is 268 g/mol. The van der Waals surface area contributed by atoms with E-state index < -0.39 is 29.7 Å². The van der Waals surface area contributed by atoms with Crippen LogP contribution in [0.3, 0.4) is 0 Å². The number of halogens is 4. The summed E-state index contributed by atoms with van der Waals surface area (Å²) in [7, 11) is 0. The average Bonchev–Trinajstić information content (AvgIpc) is 2.77. The van der Waals surface area contributed by atoms with Crippen molar-refractivity contribution in [2.75, 3.05) is 5.32 Å². The van der Waals surface area contributed by atoms with Crippen LogP contribution >= 0.6 is 0 Å². The Kier molecular flexibility index (Phi) is 3.19. The van der Waals surface area contributed by atoms with Gasteiger partial charge < -0.3 is 0 Å². The van der Waals surface area contributed by atoms with E-state index in [2.05, 4.69) is 10.1 Å². The molecular formula is C10H6F4N4O. The van der Waals surface area contributed by atoms with Crippen LogP contribution in [0.5, 0.6) is 0 Å². The van der Waals surface area contributed by atoms with Crippen molar-refractivity contribution in [2.24, 2.45) is 0 Å². The van der Waals surface area contributed by atoms with Crippen LogP contribution in [-0.4, -0.2) is 21.1 Å². The highest BCUT2D eigenvalue weighted by atomic mass is 19.4. The van der Waals surface area contributed by atoms with Crippen molar-refractivity contribution in [3.05, 3.63) is 41.5 Å². The van der Waals surface area contributed by atoms with E-state index >= 15 is 0 Å². The summed E-state index contributed by atoms with van der Waals surface area (Å²) in [5.41, 5.74) is -0.0571. The molecule has 2 N–H and O–H groups in total. The van der Waals surface area contributed by atoms with Crippen LogP contribution in [0.2, 0.25) is 0 Å². The van der Waals surface area contributed by atoms with Gasteiger partial charge in [-0.15, -0.1) is 5.10 Å². The first kappa shape index (κ1) is 13.0. The molecule has 0 atom stereocenters. The van der Waals surface area contributed by atoms with E-state index in [1.807, 2.05) is 5.32 Å². The maximum atomic E-state index is 12.9. The molecule has 0 saturated heterocycles. The topological polar surface area (TPSA) is 70.7 Å². The van der Waals surface area contributed by atoms with Crippen molar-refractivity contribution in [3.8, 4) is 0 Å².